The van der Waals surface area contributed by atoms with E-state index in [1.807, 2.05) is 0 Å². The number of piperidine rings is 1. The zero-order valence-electron chi connectivity index (χ0n) is 12.2. The Morgan fingerprint density at radius 1 is 1.32 bits per heavy atom. The summed E-state index contributed by atoms with van der Waals surface area (Å²) in [6.07, 6.45) is 3.81. The predicted octanol–water partition coefficient (Wildman–Crippen LogP) is 1.86. The van der Waals surface area contributed by atoms with Gasteiger partial charge in [0.1, 0.15) is 0 Å². The van der Waals surface area contributed by atoms with Crippen LogP contribution in [0.25, 0.3) is 0 Å². The van der Waals surface area contributed by atoms with Crippen LogP contribution in [0.5, 0.6) is 0 Å². The van der Waals surface area contributed by atoms with Gasteiger partial charge in [-0.15, -0.1) is 0 Å². The second-order valence-electron chi connectivity index (χ2n) is 6.05. The number of benzene rings is 1. The topological polar surface area (TPSA) is 18.5 Å². The number of anilines is 1. The van der Waals surface area contributed by atoms with E-state index in [0.717, 1.165) is 13.1 Å². The van der Waals surface area contributed by atoms with Gasteiger partial charge >= 0.3 is 0 Å². The molecule has 0 saturated carbocycles. The lowest BCUT2D eigenvalue weighted by atomic mass is 9.96. The lowest BCUT2D eigenvalue weighted by Crippen LogP contribution is -2.45. The quantitative estimate of drug-likeness (QED) is 0.874. The minimum absolute atomic E-state index is 0.696. The Morgan fingerprint density at radius 2 is 2.21 bits per heavy atom. The van der Waals surface area contributed by atoms with Crippen molar-refractivity contribution in [2.24, 2.45) is 0 Å². The molecule has 1 fully saturated rings. The van der Waals surface area contributed by atoms with Crippen molar-refractivity contribution in [3.8, 4) is 0 Å². The summed E-state index contributed by atoms with van der Waals surface area (Å²) in [5.41, 5.74) is 4.55. The molecular weight excluding hydrogens is 234 g/mol. The lowest BCUT2D eigenvalue weighted by molar-refractivity contribution is 0.258. The molecule has 2 aliphatic heterocycles. The smallest absolute Gasteiger partial charge is 0.0415 e. The summed E-state index contributed by atoms with van der Waals surface area (Å²) < 4.78 is 0. The number of nitrogens with zero attached hydrogens (tertiary/aromatic N) is 2. The highest BCUT2D eigenvalue weighted by Crippen LogP contribution is 2.29. The molecule has 1 saturated heterocycles. The van der Waals surface area contributed by atoms with Crippen molar-refractivity contribution in [2.75, 3.05) is 38.6 Å². The van der Waals surface area contributed by atoms with E-state index < -0.39 is 0 Å². The number of rotatable bonds is 2. The van der Waals surface area contributed by atoms with Crippen LogP contribution < -0.4 is 10.2 Å². The summed E-state index contributed by atoms with van der Waals surface area (Å²) in [6, 6.07) is 7.54. The highest BCUT2D eigenvalue weighted by atomic mass is 15.2. The molecule has 0 aromatic heterocycles. The second kappa shape index (κ2) is 5.51. The number of fused-ring (bicyclic) bond motifs is 1. The minimum Gasteiger partial charge on any atom is -0.370 e. The maximum atomic E-state index is 3.52. The highest BCUT2D eigenvalue weighted by Gasteiger charge is 2.24. The molecule has 1 atom stereocenters. The van der Waals surface area contributed by atoms with Crippen LogP contribution in [0.2, 0.25) is 0 Å². The first-order valence-electron chi connectivity index (χ1n) is 7.48. The monoisotopic (exact) mass is 259 g/mol. The fraction of sp³-hybridized carbons (Fsp3) is 0.625. The average molecular weight is 259 g/mol. The van der Waals surface area contributed by atoms with E-state index in [1.54, 1.807) is 5.56 Å². The van der Waals surface area contributed by atoms with E-state index in [0.29, 0.717) is 6.04 Å². The molecule has 1 unspecified atom stereocenters. The Bertz CT molecular complexity index is 442. The Hall–Kier alpha value is -1.06. The van der Waals surface area contributed by atoms with Gasteiger partial charge in [-0.05, 0) is 57.1 Å². The van der Waals surface area contributed by atoms with Crippen LogP contribution in [-0.4, -0.2) is 44.7 Å². The maximum absolute atomic E-state index is 3.52. The van der Waals surface area contributed by atoms with Crippen LogP contribution >= 0.6 is 0 Å². The van der Waals surface area contributed by atoms with Crippen molar-refractivity contribution in [1.82, 2.24) is 10.2 Å². The normalized spacial score (nSPS) is 23.5. The first kappa shape index (κ1) is 12.9. The van der Waals surface area contributed by atoms with E-state index in [-0.39, 0.29) is 0 Å². The van der Waals surface area contributed by atoms with E-state index in [2.05, 4.69) is 47.4 Å². The molecule has 0 aliphatic carbocycles. The van der Waals surface area contributed by atoms with Gasteiger partial charge in [0.2, 0.25) is 0 Å². The summed E-state index contributed by atoms with van der Waals surface area (Å²) in [6.45, 7) is 4.54. The molecule has 2 aliphatic rings. The van der Waals surface area contributed by atoms with Gasteiger partial charge in [-0.1, -0.05) is 12.1 Å². The van der Waals surface area contributed by atoms with Crippen molar-refractivity contribution in [2.45, 2.75) is 31.8 Å². The van der Waals surface area contributed by atoms with Crippen molar-refractivity contribution < 1.29 is 0 Å². The molecule has 0 spiro atoms. The molecule has 19 heavy (non-hydrogen) atoms. The fourth-order valence-corrected chi connectivity index (χ4v) is 3.39. The molecule has 3 heteroatoms. The largest absolute Gasteiger partial charge is 0.370 e. The lowest BCUT2D eigenvalue weighted by Gasteiger charge is -2.39. The first-order valence-corrected chi connectivity index (χ1v) is 7.48. The summed E-state index contributed by atoms with van der Waals surface area (Å²) in [5.74, 6) is 0. The van der Waals surface area contributed by atoms with Gasteiger partial charge in [0.15, 0.2) is 0 Å². The fourth-order valence-electron chi connectivity index (χ4n) is 3.39. The minimum atomic E-state index is 0.696. The Kier molecular flexibility index (Phi) is 3.76. The molecule has 1 N–H and O–H groups in total. The van der Waals surface area contributed by atoms with Crippen LogP contribution in [0.1, 0.15) is 24.0 Å². The van der Waals surface area contributed by atoms with E-state index in [4.69, 9.17) is 0 Å². The van der Waals surface area contributed by atoms with Gasteiger partial charge in [0.25, 0.3) is 0 Å². The molecule has 0 radical (unpaired) electrons. The molecule has 1 aromatic carbocycles. The van der Waals surface area contributed by atoms with Crippen LogP contribution in [0.15, 0.2) is 18.2 Å². The Balaban J connectivity index is 1.85. The first-order chi connectivity index (χ1) is 9.25. The predicted molar refractivity (Wildman–Crippen MR) is 80.8 cm³/mol. The zero-order valence-corrected chi connectivity index (χ0v) is 12.2. The van der Waals surface area contributed by atoms with Crippen molar-refractivity contribution >= 4 is 5.69 Å². The van der Waals surface area contributed by atoms with Gasteiger partial charge in [0, 0.05) is 31.4 Å². The molecule has 3 rings (SSSR count). The van der Waals surface area contributed by atoms with Crippen LogP contribution in [-0.2, 0) is 13.0 Å². The second-order valence-corrected chi connectivity index (χ2v) is 6.05. The number of nitrogens with one attached hydrogen (secondary N) is 1. The molecule has 0 bridgehead atoms. The van der Waals surface area contributed by atoms with Gasteiger partial charge in [-0.2, -0.15) is 0 Å². The van der Waals surface area contributed by atoms with Crippen molar-refractivity contribution in [3.05, 3.63) is 29.3 Å². The molecule has 1 aromatic rings. The third-order valence-electron chi connectivity index (χ3n) is 4.59. The number of hydrogen-bond donors (Lipinski definition) is 1. The van der Waals surface area contributed by atoms with Crippen LogP contribution in [0.3, 0.4) is 0 Å². The Morgan fingerprint density at radius 3 is 3.05 bits per heavy atom. The van der Waals surface area contributed by atoms with Crippen molar-refractivity contribution in [1.29, 1.82) is 0 Å². The number of likely N-dealkylation sites (N-methyl/N-ethyl adjacent to an activating group) is 1. The standard InChI is InChI=1S/C16H25N3/c1-18(2)14-6-4-10-19(12-14)16-7-3-5-13-8-9-17-11-15(13)16/h3,5,7,14,17H,4,6,8-12H2,1-2H3. The van der Waals surface area contributed by atoms with Crippen molar-refractivity contribution in [3.63, 3.8) is 0 Å². The van der Waals surface area contributed by atoms with E-state index in [9.17, 15) is 0 Å². The SMILES string of the molecule is CN(C)C1CCCN(c2cccc3c2CNCC3)C1. The maximum Gasteiger partial charge on any atom is 0.0415 e. The zero-order chi connectivity index (χ0) is 13.2. The summed E-state index contributed by atoms with van der Waals surface area (Å²) in [7, 11) is 4.41. The van der Waals surface area contributed by atoms with E-state index >= 15 is 0 Å². The van der Waals surface area contributed by atoms with Gasteiger partial charge < -0.3 is 15.1 Å². The summed E-state index contributed by atoms with van der Waals surface area (Å²) in [5, 5.41) is 3.52. The molecular formula is C16H25N3. The summed E-state index contributed by atoms with van der Waals surface area (Å²) in [4.78, 5) is 4.97. The molecule has 0 amide bonds. The molecule has 3 nitrogen and oxygen atoms in total. The third-order valence-corrected chi connectivity index (χ3v) is 4.59. The Labute approximate surface area is 116 Å². The van der Waals surface area contributed by atoms with Gasteiger partial charge in [-0.25, -0.2) is 0 Å². The van der Waals surface area contributed by atoms with Gasteiger partial charge in [-0.3, -0.25) is 0 Å². The molecule has 104 valence electrons. The van der Waals surface area contributed by atoms with Gasteiger partial charge in [0.05, 0.1) is 0 Å². The van der Waals surface area contributed by atoms with Crippen LogP contribution in [0.4, 0.5) is 5.69 Å². The average Bonchev–Trinajstić information content (AvgIpc) is 2.47. The van der Waals surface area contributed by atoms with E-state index in [1.165, 1.54) is 43.6 Å². The summed E-state index contributed by atoms with van der Waals surface area (Å²) >= 11 is 0. The van der Waals surface area contributed by atoms with Crippen LogP contribution in [0, 0.1) is 0 Å². The highest BCUT2D eigenvalue weighted by molar-refractivity contribution is 5.58. The molecule has 2 heterocycles. The third kappa shape index (κ3) is 2.63. The number of hydrogen-bond acceptors (Lipinski definition) is 3.